The number of aryl methyl sites for hydroxylation is 1. The van der Waals surface area contributed by atoms with Crippen LogP contribution in [0, 0.1) is 12.7 Å². The molecule has 3 aromatic rings. The van der Waals surface area contributed by atoms with Crippen LogP contribution in [-0.4, -0.2) is 36.4 Å². The number of benzene rings is 1. The molecule has 0 radical (unpaired) electrons. The predicted molar refractivity (Wildman–Crippen MR) is 86.9 cm³/mol. The third-order valence-electron chi connectivity index (χ3n) is 4.11. The molecule has 3 heterocycles. The number of ether oxygens (including phenoxy) is 1. The molecule has 0 saturated carbocycles. The van der Waals surface area contributed by atoms with E-state index in [1.807, 2.05) is 11.5 Å². The number of rotatable bonds is 2. The van der Waals surface area contributed by atoms with E-state index in [1.165, 1.54) is 12.1 Å². The molecule has 1 aliphatic rings. The minimum atomic E-state index is -0.485. The second kappa shape index (κ2) is 5.51. The van der Waals surface area contributed by atoms with Crippen LogP contribution >= 0.6 is 0 Å². The van der Waals surface area contributed by atoms with Crippen molar-refractivity contribution < 1.29 is 13.9 Å². The van der Waals surface area contributed by atoms with Gasteiger partial charge in [0, 0.05) is 5.56 Å². The van der Waals surface area contributed by atoms with Crippen LogP contribution in [0.1, 0.15) is 35.9 Å². The summed E-state index contributed by atoms with van der Waals surface area (Å²) in [6.45, 7) is 5.72. The summed E-state index contributed by atoms with van der Waals surface area (Å²) in [7, 11) is 0. The quantitative estimate of drug-likeness (QED) is 0.524. The first kappa shape index (κ1) is 15.5. The molecular formula is C17H16FN5O2. The summed E-state index contributed by atoms with van der Waals surface area (Å²) in [5, 5.41) is 8.27. The molecule has 0 amide bonds. The van der Waals surface area contributed by atoms with Crippen molar-refractivity contribution >= 4 is 5.97 Å². The summed E-state index contributed by atoms with van der Waals surface area (Å²) in [5.74, 6) is 0.373. The Labute approximate surface area is 143 Å². The van der Waals surface area contributed by atoms with Crippen molar-refractivity contribution in [2.45, 2.75) is 33.4 Å². The fraction of sp³-hybridized carbons (Fsp3) is 0.294. The van der Waals surface area contributed by atoms with Crippen LogP contribution < -0.4 is 0 Å². The van der Waals surface area contributed by atoms with E-state index < -0.39 is 5.97 Å². The molecule has 0 aliphatic carbocycles. The number of carbonyl (C=O) groups excluding carboxylic acids is 1. The van der Waals surface area contributed by atoms with E-state index in [9.17, 15) is 9.18 Å². The summed E-state index contributed by atoms with van der Waals surface area (Å²) >= 11 is 0. The normalized spacial score (nSPS) is 12.4. The van der Waals surface area contributed by atoms with Crippen molar-refractivity contribution in [1.29, 1.82) is 0 Å². The summed E-state index contributed by atoms with van der Waals surface area (Å²) < 4.78 is 22.7. The number of imidazole rings is 1. The van der Waals surface area contributed by atoms with Gasteiger partial charge in [-0.2, -0.15) is 0 Å². The van der Waals surface area contributed by atoms with Crippen molar-refractivity contribution in [3.8, 4) is 17.1 Å². The van der Waals surface area contributed by atoms with Gasteiger partial charge in [0.15, 0.2) is 11.5 Å². The number of halogens is 1. The SMILES string of the molecule is Cc1nnc2n1Cc1c(C(=O)OC(C)C)ncn1-c1ccc(F)cc1-2. The molecular weight excluding hydrogens is 325 g/mol. The molecule has 128 valence electrons. The van der Waals surface area contributed by atoms with E-state index in [0.717, 1.165) is 0 Å². The van der Waals surface area contributed by atoms with Gasteiger partial charge in [0.25, 0.3) is 0 Å². The zero-order chi connectivity index (χ0) is 17.7. The van der Waals surface area contributed by atoms with Gasteiger partial charge in [-0.1, -0.05) is 0 Å². The monoisotopic (exact) mass is 341 g/mol. The molecule has 1 aliphatic heterocycles. The lowest BCUT2D eigenvalue weighted by Gasteiger charge is -2.10. The van der Waals surface area contributed by atoms with Gasteiger partial charge in [-0.15, -0.1) is 10.2 Å². The van der Waals surface area contributed by atoms with Crippen LogP contribution in [0.15, 0.2) is 24.5 Å². The Morgan fingerprint density at radius 2 is 2.12 bits per heavy atom. The van der Waals surface area contributed by atoms with E-state index >= 15 is 0 Å². The summed E-state index contributed by atoms with van der Waals surface area (Å²) in [6.07, 6.45) is 1.31. The van der Waals surface area contributed by atoms with Crippen LogP contribution in [-0.2, 0) is 11.3 Å². The molecule has 2 aromatic heterocycles. The largest absolute Gasteiger partial charge is 0.458 e. The second-order valence-electron chi connectivity index (χ2n) is 6.18. The molecule has 0 bridgehead atoms. The lowest BCUT2D eigenvalue weighted by molar-refractivity contribution is 0.0370. The lowest BCUT2D eigenvalue weighted by atomic mass is 10.1. The van der Waals surface area contributed by atoms with E-state index in [4.69, 9.17) is 4.74 Å². The molecule has 0 unspecified atom stereocenters. The Bertz CT molecular complexity index is 989. The topological polar surface area (TPSA) is 74.8 Å². The second-order valence-corrected chi connectivity index (χ2v) is 6.18. The first-order valence-electron chi connectivity index (χ1n) is 7.93. The van der Waals surface area contributed by atoms with E-state index in [2.05, 4.69) is 15.2 Å². The Morgan fingerprint density at radius 3 is 2.88 bits per heavy atom. The molecule has 8 heteroatoms. The van der Waals surface area contributed by atoms with Crippen molar-refractivity contribution in [3.63, 3.8) is 0 Å². The first-order valence-corrected chi connectivity index (χ1v) is 7.93. The molecule has 0 atom stereocenters. The smallest absolute Gasteiger partial charge is 0.359 e. The van der Waals surface area contributed by atoms with Gasteiger partial charge in [0.1, 0.15) is 18.0 Å². The average molecular weight is 341 g/mol. The number of hydrogen-bond acceptors (Lipinski definition) is 5. The maximum Gasteiger partial charge on any atom is 0.359 e. The highest BCUT2D eigenvalue weighted by molar-refractivity contribution is 5.89. The molecule has 0 fully saturated rings. The summed E-state index contributed by atoms with van der Waals surface area (Å²) in [4.78, 5) is 16.6. The number of aromatic nitrogens is 5. The van der Waals surface area contributed by atoms with Gasteiger partial charge in [-0.3, -0.25) is 4.57 Å². The zero-order valence-corrected chi connectivity index (χ0v) is 14.0. The Morgan fingerprint density at radius 1 is 1.32 bits per heavy atom. The number of fused-ring (bicyclic) bond motifs is 5. The third-order valence-corrected chi connectivity index (χ3v) is 4.11. The average Bonchev–Trinajstić information content (AvgIpc) is 3.09. The molecule has 0 spiro atoms. The van der Waals surface area contributed by atoms with Crippen LogP contribution in [0.2, 0.25) is 0 Å². The maximum absolute atomic E-state index is 13.8. The molecule has 7 nitrogen and oxygen atoms in total. The van der Waals surface area contributed by atoms with Crippen LogP contribution in [0.3, 0.4) is 0 Å². The van der Waals surface area contributed by atoms with Crippen LogP contribution in [0.25, 0.3) is 17.1 Å². The van der Waals surface area contributed by atoms with E-state index in [-0.39, 0.29) is 17.6 Å². The summed E-state index contributed by atoms with van der Waals surface area (Å²) in [6, 6.07) is 4.43. The predicted octanol–water partition coefficient (Wildman–Crippen LogP) is 2.51. The van der Waals surface area contributed by atoms with Crippen LogP contribution in [0.5, 0.6) is 0 Å². The van der Waals surface area contributed by atoms with Crippen molar-refractivity contribution in [2.24, 2.45) is 0 Å². The maximum atomic E-state index is 13.8. The zero-order valence-electron chi connectivity index (χ0n) is 14.0. The van der Waals surface area contributed by atoms with Gasteiger partial charge in [0.2, 0.25) is 0 Å². The van der Waals surface area contributed by atoms with Crippen molar-refractivity contribution in [3.05, 3.63) is 47.6 Å². The van der Waals surface area contributed by atoms with Crippen molar-refractivity contribution in [2.75, 3.05) is 0 Å². The number of esters is 1. The minimum absolute atomic E-state index is 0.241. The number of nitrogens with zero attached hydrogens (tertiary/aromatic N) is 5. The molecule has 4 rings (SSSR count). The molecule has 0 N–H and O–H groups in total. The Balaban J connectivity index is 1.96. The fourth-order valence-electron chi connectivity index (χ4n) is 2.99. The third kappa shape index (κ3) is 2.41. The van der Waals surface area contributed by atoms with Crippen molar-refractivity contribution in [1.82, 2.24) is 24.3 Å². The Hall–Kier alpha value is -3.03. The van der Waals surface area contributed by atoms with Gasteiger partial charge in [-0.05, 0) is 39.0 Å². The number of hydrogen-bond donors (Lipinski definition) is 0. The lowest BCUT2D eigenvalue weighted by Crippen LogP contribution is -2.16. The van der Waals surface area contributed by atoms with Crippen LogP contribution in [0.4, 0.5) is 4.39 Å². The highest BCUT2D eigenvalue weighted by Gasteiger charge is 2.28. The fourth-order valence-corrected chi connectivity index (χ4v) is 2.99. The molecule has 25 heavy (non-hydrogen) atoms. The standard InChI is InChI=1S/C17H16FN5O2/c1-9(2)25-17(24)15-14-7-22-10(3)20-21-16(22)12-6-11(18)4-5-13(12)23(14)8-19-15/h4-6,8-9H,7H2,1-3H3. The molecule has 1 aromatic carbocycles. The number of carbonyl (C=O) groups is 1. The van der Waals surface area contributed by atoms with E-state index in [0.29, 0.717) is 35.1 Å². The highest BCUT2D eigenvalue weighted by Crippen LogP contribution is 2.32. The highest BCUT2D eigenvalue weighted by atomic mass is 19.1. The van der Waals surface area contributed by atoms with Gasteiger partial charge in [0.05, 0.1) is 24.0 Å². The Kier molecular flexibility index (Phi) is 3.41. The molecule has 0 saturated heterocycles. The van der Waals surface area contributed by atoms with Gasteiger partial charge in [-0.25, -0.2) is 14.2 Å². The minimum Gasteiger partial charge on any atom is -0.458 e. The van der Waals surface area contributed by atoms with E-state index in [1.54, 1.807) is 30.8 Å². The summed E-state index contributed by atoms with van der Waals surface area (Å²) in [5.41, 5.74) is 2.18. The van der Waals surface area contributed by atoms with Gasteiger partial charge < -0.3 is 9.30 Å². The van der Waals surface area contributed by atoms with Gasteiger partial charge >= 0.3 is 5.97 Å². The first-order chi connectivity index (χ1) is 12.0.